The van der Waals surface area contributed by atoms with Crippen molar-refractivity contribution >= 4 is 17.7 Å². The van der Waals surface area contributed by atoms with Crippen LogP contribution in [0.15, 0.2) is 24.3 Å². The van der Waals surface area contributed by atoms with Crippen molar-refractivity contribution < 1.29 is 18.7 Å². The zero-order chi connectivity index (χ0) is 19.9. The molecular formula is C20H30FN3O3. The number of ether oxygens (including phenoxy) is 1. The summed E-state index contributed by atoms with van der Waals surface area (Å²) in [4.78, 5) is 26.2. The maximum absolute atomic E-state index is 13.6. The molecule has 0 aliphatic carbocycles. The number of alkyl carbamates (subject to hydrolysis) is 1. The van der Waals surface area contributed by atoms with Gasteiger partial charge in [0.1, 0.15) is 11.4 Å². The molecule has 1 saturated heterocycles. The molecule has 0 aromatic heterocycles. The average Bonchev–Trinajstić information content (AvgIpc) is 2.59. The number of benzene rings is 1. The summed E-state index contributed by atoms with van der Waals surface area (Å²) in [6.07, 6.45) is 2.98. The molecule has 2 N–H and O–H groups in total. The van der Waals surface area contributed by atoms with Crippen LogP contribution in [0.1, 0.15) is 46.5 Å². The lowest BCUT2D eigenvalue weighted by Gasteiger charge is -2.35. The number of halogens is 1. The number of anilines is 1. The second kappa shape index (κ2) is 9.69. The van der Waals surface area contributed by atoms with E-state index in [1.807, 2.05) is 20.8 Å². The van der Waals surface area contributed by atoms with E-state index in [0.29, 0.717) is 13.1 Å². The van der Waals surface area contributed by atoms with Crippen LogP contribution in [0.2, 0.25) is 0 Å². The molecule has 2 amide bonds. The predicted molar refractivity (Wildman–Crippen MR) is 103 cm³/mol. The van der Waals surface area contributed by atoms with Crippen molar-refractivity contribution in [3.8, 4) is 0 Å². The van der Waals surface area contributed by atoms with E-state index < -0.39 is 17.5 Å². The maximum Gasteiger partial charge on any atom is 0.407 e. The summed E-state index contributed by atoms with van der Waals surface area (Å²) in [5.74, 6) is -0.659. The fourth-order valence-corrected chi connectivity index (χ4v) is 3.12. The molecule has 0 radical (unpaired) electrons. The fraction of sp³-hybridized carbons (Fsp3) is 0.600. The van der Waals surface area contributed by atoms with Gasteiger partial charge in [0, 0.05) is 25.6 Å². The molecule has 1 atom stereocenters. The van der Waals surface area contributed by atoms with Crippen LogP contribution in [-0.4, -0.2) is 48.2 Å². The topological polar surface area (TPSA) is 70.7 Å². The minimum Gasteiger partial charge on any atom is -0.444 e. The van der Waals surface area contributed by atoms with Crippen LogP contribution in [0.3, 0.4) is 0 Å². The Morgan fingerprint density at radius 2 is 2.00 bits per heavy atom. The number of para-hydroxylation sites is 1. The van der Waals surface area contributed by atoms with Crippen LogP contribution >= 0.6 is 0 Å². The van der Waals surface area contributed by atoms with Crippen molar-refractivity contribution in [3.63, 3.8) is 0 Å². The first-order valence-electron chi connectivity index (χ1n) is 9.50. The minimum atomic E-state index is -0.527. The summed E-state index contributed by atoms with van der Waals surface area (Å²) in [7, 11) is 0. The molecule has 27 heavy (non-hydrogen) atoms. The second-order valence-electron chi connectivity index (χ2n) is 7.85. The third-order valence-electron chi connectivity index (χ3n) is 4.40. The zero-order valence-corrected chi connectivity index (χ0v) is 16.4. The highest BCUT2D eigenvalue weighted by Crippen LogP contribution is 2.18. The van der Waals surface area contributed by atoms with Crippen LogP contribution in [0.25, 0.3) is 0 Å². The summed E-state index contributed by atoms with van der Waals surface area (Å²) in [6.45, 7) is 7.42. The Morgan fingerprint density at radius 3 is 2.70 bits per heavy atom. The summed E-state index contributed by atoms with van der Waals surface area (Å²) >= 11 is 0. The van der Waals surface area contributed by atoms with Gasteiger partial charge in [0.05, 0.1) is 5.69 Å². The van der Waals surface area contributed by atoms with Crippen LogP contribution in [-0.2, 0) is 9.53 Å². The molecule has 6 nitrogen and oxygen atoms in total. The third kappa shape index (κ3) is 7.54. The van der Waals surface area contributed by atoms with Crippen molar-refractivity contribution in [2.75, 3.05) is 25.0 Å². The SMILES string of the molecule is CC(C)(C)OC(=O)NCC1CCCCN1CCC(=O)Nc1ccccc1F. The summed E-state index contributed by atoms with van der Waals surface area (Å²) < 4.78 is 18.9. The van der Waals surface area contributed by atoms with Gasteiger partial charge < -0.3 is 15.4 Å². The van der Waals surface area contributed by atoms with Crippen molar-refractivity contribution in [2.24, 2.45) is 0 Å². The van der Waals surface area contributed by atoms with Crippen molar-refractivity contribution in [1.29, 1.82) is 0 Å². The molecule has 0 bridgehead atoms. The normalized spacial score (nSPS) is 18.0. The van der Waals surface area contributed by atoms with Gasteiger partial charge in [-0.1, -0.05) is 18.6 Å². The number of likely N-dealkylation sites (tertiary alicyclic amines) is 1. The monoisotopic (exact) mass is 379 g/mol. The van der Waals surface area contributed by atoms with Gasteiger partial charge in [0.2, 0.25) is 5.91 Å². The third-order valence-corrected chi connectivity index (χ3v) is 4.40. The molecule has 1 aromatic carbocycles. The second-order valence-corrected chi connectivity index (χ2v) is 7.85. The first-order chi connectivity index (χ1) is 12.7. The van der Waals surface area contributed by atoms with E-state index in [4.69, 9.17) is 4.74 Å². The van der Waals surface area contributed by atoms with Gasteiger partial charge in [0.25, 0.3) is 0 Å². The zero-order valence-electron chi connectivity index (χ0n) is 16.4. The number of amides is 2. The lowest BCUT2D eigenvalue weighted by atomic mass is 10.0. The molecule has 1 fully saturated rings. The lowest BCUT2D eigenvalue weighted by Crippen LogP contribution is -2.48. The van der Waals surface area contributed by atoms with Gasteiger partial charge in [-0.2, -0.15) is 0 Å². The minimum absolute atomic E-state index is 0.174. The Balaban J connectivity index is 1.80. The van der Waals surface area contributed by atoms with E-state index in [2.05, 4.69) is 15.5 Å². The molecule has 0 saturated carbocycles. The highest BCUT2D eigenvalue weighted by Gasteiger charge is 2.24. The lowest BCUT2D eigenvalue weighted by molar-refractivity contribution is -0.116. The van der Waals surface area contributed by atoms with Gasteiger partial charge in [0.15, 0.2) is 0 Å². The molecule has 1 unspecified atom stereocenters. The first kappa shape index (κ1) is 21.2. The number of hydrogen-bond acceptors (Lipinski definition) is 4. The number of carbonyl (C=O) groups is 2. The first-order valence-corrected chi connectivity index (χ1v) is 9.50. The van der Waals surface area contributed by atoms with E-state index >= 15 is 0 Å². The molecule has 1 aromatic rings. The van der Waals surface area contributed by atoms with Gasteiger partial charge in [-0.05, 0) is 52.3 Å². The fourth-order valence-electron chi connectivity index (χ4n) is 3.12. The Hall–Kier alpha value is -2.15. The van der Waals surface area contributed by atoms with Crippen molar-refractivity contribution in [1.82, 2.24) is 10.2 Å². The van der Waals surface area contributed by atoms with Gasteiger partial charge in [-0.3, -0.25) is 9.69 Å². The molecule has 1 aliphatic rings. The van der Waals surface area contributed by atoms with Gasteiger partial charge in [-0.25, -0.2) is 9.18 Å². The number of hydrogen-bond donors (Lipinski definition) is 2. The summed E-state index contributed by atoms with van der Waals surface area (Å²) in [5, 5.41) is 5.43. The van der Waals surface area contributed by atoms with Crippen LogP contribution in [0.4, 0.5) is 14.9 Å². The van der Waals surface area contributed by atoms with E-state index in [-0.39, 0.29) is 24.1 Å². The molecule has 7 heteroatoms. The number of carbonyl (C=O) groups excluding carboxylic acids is 2. The largest absolute Gasteiger partial charge is 0.444 e. The highest BCUT2D eigenvalue weighted by atomic mass is 19.1. The molecule has 2 rings (SSSR count). The van der Waals surface area contributed by atoms with Crippen LogP contribution in [0.5, 0.6) is 0 Å². The number of nitrogens with zero attached hydrogens (tertiary/aromatic N) is 1. The smallest absolute Gasteiger partial charge is 0.407 e. The van der Waals surface area contributed by atoms with Crippen molar-refractivity contribution in [3.05, 3.63) is 30.1 Å². The van der Waals surface area contributed by atoms with E-state index in [9.17, 15) is 14.0 Å². The predicted octanol–water partition coefficient (Wildman–Crippen LogP) is 3.53. The van der Waals surface area contributed by atoms with E-state index in [1.165, 1.54) is 6.07 Å². The Morgan fingerprint density at radius 1 is 1.26 bits per heavy atom. The molecule has 1 aliphatic heterocycles. The van der Waals surface area contributed by atoms with E-state index in [1.54, 1.807) is 18.2 Å². The number of nitrogens with one attached hydrogen (secondary N) is 2. The Labute approximate surface area is 160 Å². The van der Waals surface area contributed by atoms with Gasteiger partial charge >= 0.3 is 6.09 Å². The number of rotatable bonds is 6. The van der Waals surface area contributed by atoms with Crippen molar-refractivity contribution in [2.45, 2.75) is 58.1 Å². The van der Waals surface area contributed by atoms with Gasteiger partial charge in [-0.15, -0.1) is 0 Å². The standard InChI is InChI=1S/C20H30FN3O3/c1-20(2,3)27-19(26)22-14-15-8-6-7-12-24(15)13-11-18(25)23-17-10-5-4-9-16(17)21/h4-5,9-10,15H,6-8,11-14H2,1-3H3,(H,22,26)(H,23,25). The maximum atomic E-state index is 13.6. The number of piperidine rings is 1. The molecule has 150 valence electrons. The molecular weight excluding hydrogens is 349 g/mol. The Bertz CT molecular complexity index is 646. The van der Waals surface area contributed by atoms with E-state index in [0.717, 1.165) is 25.8 Å². The average molecular weight is 379 g/mol. The quantitative estimate of drug-likeness (QED) is 0.793. The highest BCUT2D eigenvalue weighted by molar-refractivity contribution is 5.90. The van der Waals surface area contributed by atoms with Crippen LogP contribution < -0.4 is 10.6 Å². The Kier molecular flexibility index (Phi) is 7.59. The summed E-state index contributed by atoms with van der Waals surface area (Å²) in [5.41, 5.74) is -0.328. The molecule has 1 heterocycles. The summed E-state index contributed by atoms with van der Waals surface area (Å²) in [6, 6.07) is 6.30. The van der Waals surface area contributed by atoms with Crippen LogP contribution in [0, 0.1) is 5.82 Å². The molecule has 0 spiro atoms.